The van der Waals surface area contributed by atoms with Crippen LogP contribution in [0.5, 0.6) is 0 Å². The molecule has 0 spiro atoms. The van der Waals surface area contributed by atoms with Crippen molar-refractivity contribution in [3.63, 3.8) is 0 Å². The van der Waals surface area contributed by atoms with Gasteiger partial charge in [0.15, 0.2) is 0 Å². The maximum atomic E-state index is 13.1. The molecule has 1 heterocycles. The molecular formula is C8H4FIS2. The van der Waals surface area contributed by atoms with E-state index in [1.165, 1.54) is 16.7 Å². The highest BCUT2D eigenvalue weighted by molar-refractivity contribution is 14.1. The molecule has 0 unspecified atom stereocenters. The first kappa shape index (κ1) is 8.77. The molecule has 0 atom stereocenters. The zero-order valence-electron chi connectivity index (χ0n) is 5.84. The van der Waals surface area contributed by atoms with Crippen molar-refractivity contribution in [2.75, 3.05) is 0 Å². The van der Waals surface area contributed by atoms with Crippen molar-refractivity contribution in [3.05, 3.63) is 26.9 Å². The topological polar surface area (TPSA) is 0 Å². The molecule has 1 aromatic heterocycles. The van der Waals surface area contributed by atoms with Gasteiger partial charge in [0.2, 0.25) is 0 Å². The van der Waals surface area contributed by atoms with E-state index in [1.54, 1.807) is 0 Å². The van der Waals surface area contributed by atoms with Crippen molar-refractivity contribution in [3.8, 4) is 0 Å². The molecule has 2 rings (SSSR count). The van der Waals surface area contributed by atoms with Crippen LogP contribution in [0.3, 0.4) is 0 Å². The predicted molar refractivity (Wildman–Crippen MR) is 61.8 cm³/mol. The van der Waals surface area contributed by atoms with Gasteiger partial charge in [-0.15, -0.1) is 24.0 Å². The van der Waals surface area contributed by atoms with Crippen molar-refractivity contribution < 1.29 is 4.39 Å². The van der Waals surface area contributed by atoms with E-state index in [9.17, 15) is 4.39 Å². The fraction of sp³-hybridized carbons (Fsp3) is 0. The van der Waals surface area contributed by atoms with E-state index in [-0.39, 0.29) is 5.82 Å². The Kier molecular flexibility index (Phi) is 2.31. The molecule has 62 valence electrons. The molecule has 0 aliphatic rings. The summed E-state index contributed by atoms with van der Waals surface area (Å²) >= 11 is 7.76. The van der Waals surface area contributed by atoms with Gasteiger partial charge in [0, 0.05) is 23.9 Å². The first-order valence-electron chi connectivity index (χ1n) is 3.23. The minimum absolute atomic E-state index is 0.132. The number of rotatable bonds is 0. The zero-order valence-corrected chi connectivity index (χ0v) is 9.71. The van der Waals surface area contributed by atoms with Crippen molar-refractivity contribution >= 4 is 56.6 Å². The van der Waals surface area contributed by atoms with Gasteiger partial charge in [-0.25, -0.2) is 4.39 Å². The van der Waals surface area contributed by atoms with Gasteiger partial charge < -0.3 is 0 Å². The molecule has 0 nitrogen and oxygen atoms in total. The Morgan fingerprint density at radius 3 is 2.92 bits per heavy atom. The van der Waals surface area contributed by atoms with Crippen LogP contribution in [0.4, 0.5) is 4.39 Å². The van der Waals surface area contributed by atoms with Crippen molar-refractivity contribution in [1.82, 2.24) is 0 Å². The first-order valence-corrected chi connectivity index (χ1v) is 5.64. The standard InChI is InChI=1S/C8H4FIS2/c9-5-3-12-7-2-4(11)1-6(10)8(5)7/h1-3,11H. The van der Waals surface area contributed by atoms with Gasteiger partial charge in [0.25, 0.3) is 0 Å². The maximum absolute atomic E-state index is 13.1. The monoisotopic (exact) mass is 310 g/mol. The average Bonchev–Trinajstić information content (AvgIpc) is 2.31. The molecule has 0 N–H and O–H groups in total. The predicted octanol–water partition coefficient (Wildman–Crippen LogP) is 3.93. The van der Waals surface area contributed by atoms with E-state index in [2.05, 4.69) is 35.2 Å². The van der Waals surface area contributed by atoms with Gasteiger partial charge in [-0.3, -0.25) is 0 Å². The van der Waals surface area contributed by atoms with Crippen molar-refractivity contribution in [1.29, 1.82) is 0 Å². The third kappa shape index (κ3) is 1.36. The van der Waals surface area contributed by atoms with Gasteiger partial charge in [-0.05, 0) is 34.7 Å². The lowest BCUT2D eigenvalue weighted by atomic mass is 10.2. The Morgan fingerprint density at radius 1 is 1.42 bits per heavy atom. The summed E-state index contributed by atoms with van der Waals surface area (Å²) in [4.78, 5) is 0.883. The van der Waals surface area contributed by atoms with Gasteiger partial charge in [0.1, 0.15) is 5.82 Å². The number of benzene rings is 1. The molecule has 0 aliphatic carbocycles. The smallest absolute Gasteiger partial charge is 0.142 e. The van der Waals surface area contributed by atoms with Gasteiger partial charge in [-0.1, -0.05) is 0 Å². The average molecular weight is 310 g/mol. The van der Waals surface area contributed by atoms with Gasteiger partial charge in [0.05, 0.1) is 0 Å². The lowest BCUT2D eigenvalue weighted by molar-refractivity contribution is 0.644. The Balaban J connectivity index is 2.93. The molecule has 12 heavy (non-hydrogen) atoms. The fourth-order valence-electron chi connectivity index (χ4n) is 1.07. The van der Waals surface area contributed by atoms with E-state index >= 15 is 0 Å². The Morgan fingerprint density at radius 2 is 2.17 bits per heavy atom. The van der Waals surface area contributed by atoms with E-state index in [1.807, 2.05) is 12.1 Å². The normalized spacial score (nSPS) is 10.9. The number of thiophene rings is 1. The van der Waals surface area contributed by atoms with Crippen molar-refractivity contribution in [2.24, 2.45) is 0 Å². The number of hydrogen-bond acceptors (Lipinski definition) is 2. The minimum atomic E-state index is -0.132. The van der Waals surface area contributed by atoms with Crippen LogP contribution in [0.15, 0.2) is 22.4 Å². The molecule has 0 aliphatic heterocycles. The first-order chi connectivity index (χ1) is 5.68. The maximum Gasteiger partial charge on any atom is 0.142 e. The summed E-state index contributed by atoms with van der Waals surface area (Å²) in [5, 5.41) is 2.25. The summed E-state index contributed by atoms with van der Waals surface area (Å²) in [6, 6.07) is 3.75. The molecule has 4 heteroatoms. The highest BCUT2D eigenvalue weighted by atomic mass is 127. The zero-order chi connectivity index (χ0) is 8.72. The number of thiol groups is 1. The van der Waals surface area contributed by atoms with E-state index in [0.29, 0.717) is 0 Å². The highest BCUT2D eigenvalue weighted by Crippen LogP contribution is 2.31. The van der Waals surface area contributed by atoms with Gasteiger partial charge >= 0.3 is 0 Å². The Bertz CT molecular complexity index is 436. The summed E-state index contributed by atoms with van der Waals surface area (Å²) in [5.41, 5.74) is 0. The fourth-order valence-corrected chi connectivity index (χ4v) is 3.59. The second kappa shape index (κ2) is 3.16. The largest absolute Gasteiger partial charge is 0.205 e. The van der Waals surface area contributed by atoms with E-state index in [0.717, 1.165) is 18.6 Å². The van der Waals surface area contributed by atoms with Gasteiger partial charge in [-0.2, -0.15) is 0 Å². The molecular weight excluding hydrogens is 306 g/mol. The van der Waals surface area contributed by atoms with E-state index in [4.69, 9.17) is 0 Å². The summed E-state index contributed by atoms with van der Waals surface area (Å²) in [5.74, 6) is -0.132. The molecule has 0 radical (unpaired) electrons. The van der Waals surface area contributed by atoms with Crippen LogP contribution in [0.25, 0.3) is 10.1 Å². The second-order valence-electron chi connectivity index (χ2n) is 2.38. The molecule has 2 aromatic rings. The molecule has 0 saturated heterocycles. The molecule has 1 aromatic carbocycles. The number of halogens is 2. The lowest BCUT2D eigenvalue weighted by Gasteiger charge is -1.96. The molecule has 0 bridgehead atoms. The number of fused-ring (bicyclic) bond motifs is 1. The quantitative estimate of drug-likeness (QED) is 0.553. The highest BCUT2D eigenvalue weighted by Gasteiger charge is 2.07. The van der Waals surface area contributed by atoms with Crippen molar-refractivity contribution in [2.45, 2.75) is 4.90 Å². The molecule has 0 amide bonds. The second-order valence-corrected chi connectivity index (χ2v) is 4.97. The van der Waals surface area contributed by atoms with Crippen LogP contribution in [0.1, 0.15) is 0 Å². The van der Waals surface area contributed by atoms with Crippen LogP contribution in [-0.4, -0.2) is 0 Å². The summed E-state index contributed by atoms with van der Waals surface area (Å²) in [6.45, 7) is 0. The molecule has 0 fully saturated rings. The van der Waals surface area contributed by atoms with E-state index < -0.39 is 0 Å². The Labute approximate surface area is 92.3 Å². The molecule has 0 saturated carbocycles. The lowest BCUT2D eigenvalue weighted by Crippen LogP contribution is -1.76. The van der Waals surface area contributed by atoms with Crippen LogP contribution in [0.2, 0.25) is 0 Å². The third-order valence-electron chi connectivity index (χ3n) is 1.57. The van der Waals surface area contributed by atoms with Crippen LogP contribution in [0, 0.1) is 9.39 Å². The third-order valence-corrected chi connectivity index (χ3v) is 3.58. The summed E-state index contributed by atoms with van der Waals surface area (Å²) < 4.78 is 15.0. The minimum Gasteiger partial charge on any atom is -0.205 e. The number of hydrogen-bond donors (Lipinski definition) is 1. The van der Waals surface area contributed by atoms with Crippen LogP contribution in [-0.2, 0) is 0 Å². The SMILES string of the molecule is Fc1csc2cc(S)cc(I)c12. The van der Waals surface area contributed by atoms with Crippen LogP contribution < -0.4 is 0 Å². The summed E-state index contributed by atoms with van der Waals surface area (Å²) in [7, 11) is 0. The summed E-state index contributed by atoms with van der Waals surface area (Å²) in [6.07, 6.45) is 0. The Hall–Kier alpha value is 0.190. The van der Waals surface area contributed by atoms with Crippen LogP contribution >= 0.6 is 46.6 Å².